The van der Waals surface area contributed by atoms with Crippen LogP contribution >= 0.6 is 11.3 Å². The van der Waals surface area contributed by atoms with Crippen LogP contribution in [0.15, 0.2) is 29.1 Å². The molecule has 0 saturated carbocycles. The van der Waals surface area contributed by atoms with Crippen molar-refractivity contribution in [2.45, 2.75) is 0 Å². The Morgan fingerprint density at radius 2 is 1.95 bits per heavy atom. The van der Waals surface area contributed by atoms with Gasteiger partial charge in [0.2, 0.25) is 5.43 Å². The first kappa shape index (κ1) is 12.8. The van der Waals surface area contributed by atoms with Crippen molar-refractivity contribution in [2.75, 3.05) is 38.1 Å². The molecule has 6 heteroatoms. The number of nitrogens with zero attached hydrogens (tertiary/aromatic N) is 3. The molecule has 0 spiro atoms. The number of para-hydroxylation sites is 1. The third kappa shape index (κ3) is 2.11. The van der Waals surface area contributed by atoms with Gasteiger partial charge in [-0.15, -0.1) is 0 Å². The molecule has 21 heavy (non-hydrogen) atoms. The molecule has 0 bridgehead atoms. The summed E-state index contributed by atoms with van der Waals surface area (Å²) in [6.45, 7) is 3.99. The van der Waals surface area contributed by atoms with Gasteiger partial charge in [-0.25, -0.2) is 4.98 Å². The average molecular weight is 300 g/mol. The Bertz CT molecular complexity index is 861. The highest BCUT2D eigenvalue weighted by Crippen LogP contribution is 2.27. The van der Waals surface area contributed by atoms with Gasteiger partial charge < -0.3 is 14.8 Å². The molecule has 1 N–H and O–H groups in total. The Kier molecular flexibility index (Phi) is 2.94. The number of thiazole rings is 1. The van der Waals surface area contributed by atoms with E-state index in [9.17, 15) is 4.79 Å². The Hall–Kier alpha value is -1.92. The fourth-order valence-electron chi connectivity index (χ4n) is 2.72. The van der Waals surface area contributed by atoms with Gasteiger partial charge in [-0.2, -0.15) is 0 Å². The normalized spacial score (nSPS) is 16.9. The van der Waals surface area contributed by atoms with Crippen LogP contribution in [0.1, 0.15) is 0 Å². The number of fused-ring (bicyclic) bond motifs is 2. The summed E-state index contributed by atoms with van der Waals surface area (Å²) in [5.74, 6) is 0. The molecule has 2 aromatic heterocycles. The minimum Gasteiger partial charge on any atom is -0.345 e. The lowest BCUT2D eigenvalue weighted by atomic mass is 10.2. The number of benzene rings is 1. The summed E-state index contributed by atoms with van der Waals surface area (Å²) in [6, 6.07) is 7.61. The molecule has 0 aliphatic carbocycles. The van der Waals surface area contributed by atoms with Crippen molar-refractivity contribution in [2.24, 2.45) is 0 Å². The quantitative estimate of drug-likeness (QED) is 0.745. The number of rotatable bonds is 1. The minimum atomic E-state index is 0.0241. The number of aromatic amines is 1. The summed E-state index contributed by atoms with van der Waals surface area (Å²) in [5.41, 5.74) is 1.46. The molecule has 3 aromatic rings. The van der Waals surface area contributed by atoms with Gasteiger partial charge in [0.1, 0.15) is 10.3 Å². The maximum atomic E-state index is 12.5. The van der Waals surface area contributed by atoms with Gasteiger partial charge in [-0.3, -0.25) is 4.79 Å². The number of pyridine rings is 1. The van der Waals surface area contributed by atoms with Crippen molar-refractivity contribution < 1.29 is 0 Å². The predicted octanol–water partition coefficient (Wildman–Crippen LogP) is 1.89. The van der Waals surface area contributed by atoms with Crippen molar-refractivity contribution in [3.05, 3.63) is 34.5 Å². The van der Waals surface area contributed by atoms with Crippen molar-refractivity contribution in [3.8, 4) is 0 Å². The van der Waals surface area contributed by atoms with Gasteiger partial charge in [-0.05, 0) is 19.2 Å². The first-order valence-electron chi connectivity index (χ1n) is 7.07. The van der Waals surface area contributed by atoms with Crippen LogP contribution in [0.3, 0.4) is 0 Å². The molecule has 1 aromatic carbocycles. The second kappa shape index (κ2) is 4.82. The van der Waals surface area contributed by atoms with E-state index in [1.165, 1.54) is 0 Å². The highest BCUT2D eigenvalue weighted by atomic mass is 32.1. The summed E-state index contributed by atoms with van der Waals surface area (Å²) < 4.78 is 0. The number of piperazine rings is 1. The number of hydrogen-bond donors (Lipinski definition) is 1. The first-order valence-corrected chi connectivity index (χ1v) is 7.89. The van der Waals surface area contributed by atoms with Crippen molar-refractivity contribution in [3.63, 3.8) is 0 Å². The molecular formula is C15H16N4OS. The van der Waals surface area contributed by atoms with E-state index in [0.717, 1.165) is 41.7 Å². The number of likely N-dealkylation sites (N-methyl/N-ethyl adjacent to an activating group) is 1. The van der Waals surface area contributed by atoms with E-state index < -0.39 is 0 Å². The highest BCUT2D eigenvalue weighted by Gasteiger charge is 2.19. The van der Waals surface area contributed by atoms with Crippen LogP contribution < -0.4 is 10.3 Å². The van der Waals surface area contributed by atoms with Gasteiger partial charge in [-0.1, -0.05) is 23.5 Å². The lowest BCUT2D eigenvalue weighted by Gasteiger charge is -2.31. The minimum absolute atomic E-state index is 0.0241. The standard InChI is InChI=1S/C15H16N4OS/c1-18-6-8-19(9-7-18)15-17-12-13(20)10-4-2-3-5-11(10)16-14(12)21-15/h2-5H,6-9H2,1H3,(H,16,20). The van der Waals surface area contributed by atoms with Crippen LogP contribution in [0.4, 0.5) is 5.13 Å². The number of H-pyrrole nitrogens is 1. The number of anilines is 1. The lowest BCUT2D eigenvalue weighted by Crippen LogP contribution is -2.44. The SMILES string of the molecule is CN1CCN(c2nc3c(=O)c4ccccc4[nH]c3s2)CC1. The summed E-state index contributed by atoms with van der Waals surface area (Å²) in [6.07, 6.45) is 0. The molecule has 0 atom stereocenters. The number of hydrogen-bond acceptors (Lipinski definition) is 5. The molecule has 0 unspecified atom stereocenters. The molecule has 1 fully saturated rings. The molecule has 1 aliphatic heterocycles. The maximum absolute atomic E-state index is 12.5. The third-order valence-electron chi connectivity index (χ3n) is 4.02. The largest absolute Gasteiger partial charge is 0.345 e. The molecule has 4 rings (SSSR count). The van der Waals surface area contributed by atoms with E-state index in [4.69, 9.17) is 0 Å². The van der Waals surface area contributed by atoms with Gasteiger partial charge in [0.15, 0.2) is 5.13 Å². The predicted molar refractivity (Wildman–Crippen MR) is 87.5 cm³/mol. The molecule has 1 aliphatic rings. The van der Waals surface area contributed by atoms with Crippen LogP contribution in [0.25, 0.3) is 21.3 Å². The van der Waals surface area contributed by atoms with Gasteiger partial charge in [0, 0.05) is 31.6 Å². The third-order valence-corrected chi connectivity index (χ3v) is 5.06. The Morgan fingerprint density at radius 1 is 1.19 bits per heavy atom. The zero-order valence-corrected chi connectivity index (χ0v) is 12.6. The molecule has 0 radical (unpaired) electrons. The van der Waals surface area contributed by atoms with Crippen LogP contribution in [-0.2, 0) is 0 Å². The summed E-state index contributed by atoms with van der Waals surface area (Å²) in [5, 5.41) is 1.65. The van der Waals surface area contributed by atoms with E-state index in [-0.39, 0.29) is 5.43 Å². The highest BCUT2D eigenvalue weighted by molar-refractivity contribution is 7.21. The monoisotopic (exact) mass is 300 g/mol. The zero-order chi connectivity index (χ0) is 14.4. The van der Waals surface area contributed by atoms with E-state index in [1.54, 1.807) is 11.3 Å². The molecule has 0 amide bonds. The first-order chi connectivity index (χ1) is 10.2. The summed E-state index contributed by atoms with van der Waals surface area (Å²) in [7, 11) is 2.13. The maximum Gasteiger partial charge on any atom is 0.216 e. The molecule has 5 nitrogen and oxygen atoms in total. The molecule has 108 valence electrons. The zero-order valence-electron chi connectivity index (χ0n) is 11.8. The van der Waals surface area contributed by atoms with Gasteiger partial charge in [0.25, 0.3) is 0 Å². The van der Waals surface area contributed by atoms with Crippen molar-refractivity contribution in [1.29, 1.82) is 0 Å². The smallest absolute Gasteiger partial charge is 0.216 e. The second-order valence-corrected chi connectivity index (χ2v) is 6.44. The molecule has 3 heterocycles. The lowest BCUT2D eigenvalue weighted by molar-refractivity contribution is 0.313. The van der Waals surface area contributed by atoms with Crippen LogP contribution in [0.2, 0.25) is 0 Å². The van der Waals surface area contributed by atoms with Gasteiger partial charge >= 0.3 is 0 Å². The van der Waals surface area contributed by atoms with E-state index in [2.05, 4.69) is 26.8 Å². The second-order valence-electron chi connectivity index (χ2n) is 5.46. The van der Waals surface area contributed by atoms with Gasteiger partial charge in [0.05, 0.1) is 5.52 Å². The number of nitrogens with one attached hydrogen (secondary N) is 1. The Balaban J connectivity index is 1.84. The van der Waals surface area contributed by atoms with E-state index in [0.29, 0.717) is 10.9 Å². The van der Waals surface area contributed by atoms with Crippen LogP contribution in [-0.4, -0.2) is 48.1 Å². The molecular weight excluding hydrogens is 284 g/mol. The van der Waals surface area contributed by atoms with E-state index in [1.807, 2.05) is 24.3 Å². The Labute approximate surface area is 125 Å². The van der Waals surface area contributed by atoms with Crippen LogP contribution in [0, 0.1) is 0 Å². The summed E-state index contributed by atoms with van der Waals surface area (Å²) >= 11 is 1.57. The fourth-order valence-corrected chi connectivity index (χ4v) is 3.75. The topological polar surface area (TPSA) is 52.2 Å². The average Bonchev–Trinajstić information content (AvgIpc) is 2.92. The molecule has 1 saturated heterocycles. The van der Waals surface area contributed by atoms with Crippen LogP contribution in [0.5, 0.6) is 0 Å². The fraction of sp³-hybridized carbons (Fsp3) is 0.333. The number of aromatic nitrogens is 2. The van der Waals surface area contributed by atoms with Crippen molar-refractivity contribution >= 4 is 37.7 Å². The Morgan fingerprint density at radius 3 is 2.76 bits per heavy atom. The summed E-state index contributed by atoms with van der Waals surface area (Å²) in [4.78, 5) is 25.9. The van der Waals surface area contributed by atoms with Crippen molar-refractivity contribution in [1.82, 2.24) is 14.9 Å². The van der Waals surface area contributed by atoms with E-state index >= 15 is 0 Å².